The highest BCUT2D eigenvalue weighted by molar-refractivity contribution is 5.68. The van der Waals surface area contributed by atoms with Crippen molar-refractivity contribution in [2.24, 2.45) is 0 Å². The van der Waals surface area contributed by atoms with Crippen LogP contribution in [0.2, 0.25) is 0 Å². The summed E-state index contributed by atoms with van der Waals surface area (Å²) in [7, 11) is 0. The van der Waals surface area contributed by atoms with Crippen LogP contribution in [0.5, 0.6) is 0 Å². The van der Waals surface area contributed by atoms with E-state index >= 15 is 0 Å². The van der Waals surface area contributed by atoms with Gasteiger partial charge in [0.2, 0.25) is 11.7 Å². The van der Waals surface area contributed by atoms with Gasteiger partial charge in [-0.3, -0.25) is 0 Å². The molecule has 3 heterocycles. The summed E-state index contributed by atoms with van der Waals surface area (Å²) in [5.41, 5.74) is 0.823. The van der Waals surface area contributed by atoms with E-state index in [0.29, 0.717) is 24.8 Å². The molecule has 1 amide bonds. The molecular weight excluding hydrogens is 334 g/mol. The lowest BCUT2D eigenvalue weighted by atomic mass is 10.2. The quantitative estimate of drug-likeness (QED) is 0.835. The summed E-state index contributed by atoms with van der Waals surface area (Å²) < 4.78 is 10.6. The Morgan fingerprint density at radius 3 is 2.58 bits per heavy atom. The smallest absolute Gasteiger partial charge is 0.410 e. The van der Waals surface area contributed by atoms with Crippen LogP contribution >= 0.6 is 0 Å². The number of pyridine rings is 1. The molecule has 0 radical (unpaired) electrons. The molecule has 1 aliphatic carbocycles. The minimum atomic E-state index is -0.174. The Balaban J connectivity index is 1.32. The molecule has 8 heteroatoms. The first kappa shape index (κ1) is 16.8. The van der Waals surface area contributed by atoms with Crippen LogP contribution in [0.1, 0.15) is 31.6 Å². The third-order valence-electron chi connectivity index (χ3n) is 4.97. The van der Waals surface area contributed by atoms with Crippen molar-refractivity contribution in [3.8, 4) is 11.4 Å². The maximum atomic E-state index is 12.2. The number of anilines is 1. The van der Waals surface area contributed by atoms with E-state index in [4.69, 9.17) is 9.26 Å². The highest BCUT2D eigenvalue weighted by Gasteiger charge is 2.26. The van der Waals surface area contributed by atoms with Gasteiger partial charge in [0.15, 0.2) is 0 Å². The van der Waals surface area contributed by atoms with Crippen molar-refractivity contribution < 1.29 is 14.1 Å². The average Bonchev–Trinajstić information content (AvgIpc) is 3.34. The summed E-state index contributed by atoms with van der Waals surface area (Å²) in [5, 5.41) is 3.90. The van der Waals surface area contributed by atoms with Crippen LogP contribution in [-0.2, 0) is 4.74 Å². The number of amides is 1. The van der Waals surface area contributed by atoms with E-state index in [9.17, 15) is 4.79 Å². The molecule has 0 spiro atoms. The number of piperazine rings is 1. The molecule has 0 atom stereocenters. The Kier molecular flexibility index (Phi) is 4.73. The van der Waals surface area contributed by atoms with Gasteiger partial charge < -0.3 is 19.1 Å². The zero-order valence-corrected chi connectivity index (χ0v) is 14.9. The number of ether oxygens (including phenoxy) is 1. The first-order valence-corrected chi connectivity index (χ1v) is 9.16. The lowest BCUT2D eigenvalue weighted by Gasteiger charge is -2.35. The van der Waals surface area contributed by atoms with Crippen molar-refractivity contribution in [1.29, 1.82) is 0 Å². The minimum Gasteiger partial charge on any atom is -0.446 e. The van der Waals surface area contributed by atoms with Crippen molar-refractivity contribution in [2.75, 3.05) is 31.1 Å². The van der Waals surface area contributed by atoms with E-state index in [1.54, 1.807) is 18.0 Å². The third-order valence-corrected chi connectivity index (χ3v) is 4.97. The molecule has 1 saturated heterocycles. The Labute approximate surface area is 152 Å². The molecule has 2 aliphatic rings. The molecule has 0 aromatic carbocycles. The molecule has 2 fully saturated rings. The predicted molar refractivity (Wildman–Crippen MR) is 94.8 cm³/mol. The second kappa shape index (κ2) is 7.31. The molecule has 1 saturated carbocycles. The number of hydrogen-bond acceptors (Lipinski definition) is 7. The lowest BCUT2D eigenvalue weighted by Crippen LogP contribution is -2.49. The van der Waals surface area contributed by atoms with Gasteiger partial charge in [-0.1, -0.05) is 5.16 Å². The van der Waals surface area contributed by atoms with Crippen molar-refractivity contribution >= 4 is 11.9 Å². The first-order chi connectivity index (χ1) is 12.7. The van der Waals surface area contributed by atoms with Crippen LogP contribution in [0.4, 0.5) is 10.6 Å². The molecule has 0 unspecified atom stereocenters. The van der Waals surface area contributed by atoms with Gasteiger partial charge in [0.1, 0.15) is 11.9 Å². The van der Waals surface area contributed by atoms with Gasteiger partial charge in [-0.15, -0.1) is 0 Å². The van der Waals surface area contributed by atoms with Crippen LogP contribution in [0, 0.1) is 6.92 Å². The highest BCUT2D eigenvalue weighted by Crippen LogP contribution is 2.23. The van der Waals surface area contributed by atoms with Gasteiger partial charge in [0.05, 0.1) is 0 Å². The van der Waals surface area contributed by atoms with Crippen LogP contribution in [-0.4, -0.2) is 58.4 Å². The number of carbonyl (C=O) groups is 1. The van der Waals surface area contributed by atoms with Crippen molar-refractivity contribution in [1.82, 2.24) is 20.0 Å². The molecule has 2 aromatic heterocycles. The summed E-state index contributed by atoms with van der Waals surface area (Å²) >= 11 is 0. The van der Waals surface area contributed by atoms with E-state index in [1.807, 2.05) is 12.1 Å². The fraction of sp³-hybridized carbons (Fsp3) is 0.556. The minimum absolute atomic E-state index is 0.114. The van der Waals surface area contributed by atoms with Gasteiger partial charge in [-0.25, -0.2) is 9.78 Å². The number of hydrogen-bond donors (Lipinski definition) is 0. The zero-order chi connectivity index (χ0) is 17.9. The second-order valence-electron chi connectivity index (χ2n) is 6.81. The molecule has 0 bridgehead atoms. The number of rotatable bonds is 3. The average molecular weight is 357 g/mol. The number of aryl methyl sites for hydroxylation is 1. The Morgan fingerprint density at radius 1 is 1.19 bits per heavy atom. The van der Waals surface area contributed by atoms with Gasteiger partial charge in [0.25, 0.3) is 0 Å². The van der Waals surface area contributed by atoms with E-state index < -0.39 is 0 Å². The van der Waals surface area contributed by atoms with Gasteiger partial charge in [0, 0.05) is 44.9 Å². The van der Waals surface area contributed by atoms with Crippen LogP contribution in [0.15, 0.2) is 22.9 Å². The summed E-state index contributed by atoms with van der Waals surface area (Å²) in [6.07, 6.45) is 6.02. The van der Waals surface area contributed by atoms with Crippen molar-refractivity contribution in [3.63, 3.8) is 0 Å². The molecule has 26 heavy (non-hydrogen) atoms. The Hall–Kier alpha value is -2.64. The summed E-state index contributed by atoms with van der Waals surface area (Å²) in [6.45, 7) is 4.55. The van der Waals surface area contributed by atoms with Crippen molar-refractivity contribution in [3.05, 3.63) is 24.2 Å². The van der Waals surface area contributed by atoms with E-state index in [1.165, 1.54) is 0 Å². The fourth-order valence-corrected chi connectivity index (χ4v) is 3.46. The molecule has 138 valence electrons. The molecule has 0 N–H and O–H groups in total. The molecule has 8 nitrogen and oxygen atoms in total. The fourth-order valence-electron chi connectivity index (χ4n) is 3.46. The maximum absolute atomic E-state index is 12.2. The zero-order valence-electron chi connectivity index (χ0n) is 14.9. The summed E-state index contributed by atoms with van der Waals surface area (Å²) in [5.74, 6) is 1.96. The predicted octanol–water partition coefficient (Wildman–Crippen LogP) is 2.64. The SMILES string of the molecule is Cc1nc(-c2ccc(N3CCN(C(=O)OC4CCCC4)CC3)nc2)no1. The van der Waals surface area contributed by atoms with Crippen LogP contribution < -0.4 is 4.90 Å². The highest BCUT2D eigenvalue weighted by atomic mass is 16.6. The topological polar surface area (TPSA) is 84.6 Å². The van der Waals surface area contributed by atoms with Crippen LogP contribution in [0.3, 0.4) is 0 Å². The maximum Gasteiger partial charge on any atom is 0.410 e. The molecule has 2 aromatic rings. The van der Waals surface area contributed by atoms with E-state index in [2.05, 4.69) is 20.0 Å². The second-order valence-corrected chi connectivity index (χ2v) is 6.81. The van der Waals surface area contributed by atoms with Crippen molar-refractivity contribution in [2.45, 2.75) is 38.7 Å². The van der Waals surface area contributed by atoms with E-state index in [-0.39, 0.29) is 12.2 Å². The normalized spacial score (nSPS) is 18.3. The number of carbonyl (C=O) groups excluding carboxylic acids is 1. The van der Waals surface area contributed by atoms with Gasteiger partial charge in [-0.05, 0) is 37.8 Å². The van der Waals surface area contributed by atoms with Gasteiger partial charge >= 0.3 is 6.09 Å². The summed E-state index contributed by atoms with van der Waals surface area (Å²) in [4.78, 5) is 24.9. The lowest BCUT2D eigenvalue weighted by molar-refractivity contribution is 0.0638. The van der Waals surface area contributed by atoms with Crippen LogP contribution in [0.25, 0.3) is 11.4 Å². The molecule has 4 rings (SSSR count). The Morgan fingerprint density at radius 2 is 1.96 bits per heavy atom. The summed E-state index contributed by atoms with van der Waals surface area (Å²) in [6, 6.07) is 3.89. The molecular formula is C18H23N5O3. The largest absolute Gasteiger partial charge is 0.446 e. The first-order valence-electron chi connectivity index (χ1n) is 9.16. The van der Waals surface area contributed by atoms with Gasteiger partial charge in [-0.2, -0.15) is 4.98 Å². The third kappa shape index (κ3) is 3.63. The molecule has 1 aliphatic heterocycles. The van der Waals surface area contributed by atoms with E-state index in [0.717, 1.165) is 50.2 Å². The number of nitrogens with zero attached hydrogens (tertiary/aromatic N) is 5. The monoisotopic (exact) mass is 357 g/mol. The Bertz CT molecular complexity index is 746. The standard InChI is InChI=1S/C18H23N5O3/c1-13-20-17(21-26-13)14-6-7-16(19-12-14)22-8-10-23(11-9-22)18(24)25-15-4-2-3-5-15/h6-7,12,15H,2-5,8-11H2,1H3. The number of aromatic nitrogens is 3.